The molecule has 4 nitrogen and oxygen atoms in total. The van der Waals surface area contributed by atoms with Crippen molar-refractivity contribution in [3.8, 4) is 0 Å². The molecule has 2 rings (SSSR count). The zero-order chi connectivity index (χ0) is 14.7. The molecule has 0 spiro atoms. The first-order chi connectivity index (χ1) is 9.47. The van der Waals surface area contributed by atoms with Gasteiger partial charge < -0.3 is 5.32 Å². The van der Waals surface area contributed by atoms with Crippen molar-refractivity contribution >= 4 is 23.0 Å². The minimum absolute atomic E-state index is 0.0316. The van der Waals surface area contributed by atoms with Crippen LogP contribution in [-0.4, -0.2) is 16.7 Å². The Morgan fingerprint density at radius 2 is 2.30 bits per heavy atom. The monoisotopic (exact) mass is 294 g/mol. The number of thiazole rings is 1. The third-order valence-electron chi connectivity index (χ3n) is 3.81. The molecule has 1 aromatic rings. The number of aromatic nitrogens is 1. The predicted molar refractivity (Wildman–Crippen MR) is 79.6 cm³/mol. The Hall–Kier alpha value is -1.23. The van der Waals surface area contributed by atoms with Crippen LogP contribution < -0.4 is 5.32 Å². The molecule has 0 saturated heterocycles. The Morgan fingerprint density at radius 3 is 2.90 bits per heavy atom. The van der Waals surface area contributed by atoms with Crippen molar-refractivity contribution in [1.29, 1.82) is 0 Å². The molecule has 1 saturated carbocycles. The van der Waals surface area contributed by atoms with Gasteiger partial charge in [-0.1, -0.05) is 20.8 Å². The fraction of sp³-hybridized carbons (Fsp3) is 0.667. The first kappa shape index (κ1) is 15.2. The lowest BCUT2D eigenvalue weighted by Gasteiger charge is -2.26. The summed E-state index contributed by atoms with van der Waals surface area (Å²) in [5, 5.41) is 6.07. The molecule has 5 heteroatoms. The molecule has 1 fully saturated rings. The van der Waals surface area contributed by atoms with E-state index < -0.39 is 0 Å². The molecule has 1 aliphatic rings. The van der Waals surface area contributed by atoms with Gasteiger partial charge in [-0.3, -0.25) is 9.59 Å². The van der Waals surface area contributed by atoms with Gasteiger partial charge in [-0.05, 0) is 12.3 Å². The number of carbonyl (C=O) groups is 2. The molecule has 1 amide bonds. The number of hydrogen-bond acceptors (Lipinski definition) is 4. The van der Waals surface area contributed by atoms with E-state index in [0.717, 1.165) is 10.7 Å². The van der Waals surface area contributed by atoms with Gasteiger partial charge >= 0.3 is 0 Å². The molecule has 110 valence electrons. The van der Waals surface area contributed by atoms with E-state index in [1.165, 1.54) is 0 Å². The van der Waals surface area contributed by atoms with E-state index >= 15 is 0 Å². The Kier molecular flexibility index (Phi) is 4.91. The number of hydrogen-bond donors (Lipinski definition) is 1. The van der Waals surface area contributed by atoms with Gasteiger partial charge in [0.1, 0.15) is 5.78 Å². The number of rotatable bonds is 4. The molecule has 0 aliphatic heterocycles. The number of amides is 1. The van der Waals surface area contributed by atoms with Gasteiger partial charge in [-0.2, -0.15) is 0 Å². The third-order valence-corrected chi connectivity index (χ3v) is 5.01. The average Bonchev–Trinajstić information content (AvgIpc) is 2.85. The summed E-state index contributed by atoms with van der Waals surface area (Å²) in [7, 11) is 0. The summed E-state index contributed by atoms with van der Waals surface area (Å²) in [4.78, 5) is 28.0. The summed E-state index contributed by atoms with van der Waals surface area (Å²) in [6.45, 7) is 6.70. The molecule has 0 bridgehead atoms. The van der Waals surface area contributed by atoms with Crippen molar-refractivity contribution in [3.05, 3.63) is 16.1 Å². The van der Waals surface area contributed by atoms with E-state index in [9.17, 15) is 9.59 Å². The van der Waals surface area contributed by atoms with Crippen molar-refractivity contribution in [2.24, 2.45) is 11.8 Å². The lowest BCUT2D eigenvalue weighted by Crippen LogP contribution is -2.37. The first-order valence-electron chi connectivity index (χ1n) is 7.21. The van der Waals surface area contributed by atoms with E-state index in [2.05, 4.69) is 24.1 Å². The third kappa shape index (κ3) is 3.66. The molecule has 2 atom stereocenters. The molecule has 1 heterocycles. The summed E-state index contributed by atoms with van der Waals surface area (Å²) in [6.07, 6.45) is 1.75. The van der Waals surface area contributed by atoms with Gasteiger partial charge in [-0.25, -0.2) is 4.98 Å². The molecule has 1 N–H and O–H groups in total. The van der Waals surface area contributed by atoms with Crippen molar-refractivity contribution in [2.75, 3.05) is 0 Å². The second-order valence-corrected chi connectivity index (χ2v) is 6.80. The van der Waals surface area contributed by atoms with Crippen molar-refractivity contribution < 1.29 is 9.59 Å². The zero-order valence-electron chi connectivity index (χ0n) is 12.3. The SMILES string of the molecule is CC(C)c1nc(CNC(=O)[C@H]2CCC(=O)C[C@H]2C)cs1. The molecule has 1 aromatic heterocycles. The van der Waals surface area contributed by atoms with Crippen LogP contribution in [0.2, 0.25) is 0 Å². The number of Topliss-reactive ketones (excluding diaryl/α,β-unsaturated/α-hetero) is 1. The highest BCUT2D eigenvalue weighted by molar-refractivity contribution is 7.09. The number of ketones is 1. The highest BCUT2D eigenvalue weighted by Gasteiger charge is 2.31. The molecule has 0 aromatic carbocycles. The molecule has 0 radical (unpaired) electrons. The lowest BCUT2D eigenvalue weighted by molar-refractivity contribution is -0.131. The van der Waals surface area contributed by atoms with E-state index in [0.29, 0.717) is 31.7 Å². The van der Waals surface area contributed by atoms with Crippen LogP contribution in [0.4, 0.5) is 0 Å². The van der Waals surface area contributed by atoms with Gasteiger partial charge in [0.15, 0.2) is 0 Å². The van der Waals surface area contributed by atoms with Crippen LogP contribution >= 0.6 is 11.3 Å². The summed E-state index contributed by atoms with van der Waals surface area (Å²) in [5.74, 6) is 0.884. The van der Waals surface area contributed by atoms with Gasteiger partial charge in [0, 0.05) is 30.1 Å². The Labute approximate surface area is 124 Å². The number of nitrogens with one attached hydrogen (secondary N) is 1. The minimum atomic E-state index is -0.0316. The molecular weight excluding hydrogens is 272 g/mol. The predicted octanol–water partition coefficient (Wildman–Crippen LogP) is 2.89. The van der Waals surface area contributed by atoms with Gasteiger partial charge in [0.25, 0.3) is 0 Å². The molecular formula is C15H22N2O2S. The van der Waals surface area contributed by atoms with Crippen molar-refractivity contribution in [2.45, 2.75) is 52.5 Å². The Balaban J connectivity index is 1.86. The number of nitrogens with zero attached hydrogens (tertiary/aromatic N) is 1. The van der Waals surface area contributed by atoms with Crippen LogP contribution in [0.5, 0.6) is 0 Å². The highest BCUT2D eigenvalue weighted by atomic mass is 32.1. The number of carbonyl (C=O) groups excluding carboxylic acids is 2. The van der Waals surface area contributed by atoms with Crippen LogP contribution in [0.25, 0.3) is 0 Å². The highest BCUT2D eigenvalue weighted by Crippen LogP contribution is 2.27. The van der Waals surface area contributed by atoms with Crippen molar-refractivity contribution in [1.82, 2.24) is 10.3 Å². The largest absolute Gasteiger partial charge is 0.350 e. The van der Waals surface area contributed by atoms with Gasteiger partial charge in [-0.15, -0.1) is 11.3 Å². The van der Waals surface area contributed by atoms with Crippen LogP contribution in [0.3, 0.4) is 0 Å². The maximum absolute atomic E-state index is 12.2. The zero-order valence-corrected chi connectivity index (χ0v) is 13.1. The maximum atomic E-state index is 12.2. The van der Waals surface area contributed by atoms with E-state index in [1.807, 2.05) is 12.3 Å². The van der Waals surface area contributed by atoms with Crippen molar-refractivity contribution in [3.63, 3.8) is 0 Å². The second kappa shape index (κ2) is 6.48. The summed E-state index contributed by atoms with van der Waals surface area (Å²) in [5.41, 5.74) is 0.923. The van der Waals surface area contributed by atoms with Crippen LogP contribution in [0.1, 0.15) is 56.7 Å². The quantitative estimate of drug-likeness (QED) is 0.929. The van der Waals surface area contributed by atoms with Crippen LogP contribution in [0.15, 0.2) is 5.38 Å². The Morgan fingerprint density at radius 1 is 1.55 bits per heavy atom. The van der Waals surface area contributed by atoms with Gasteiger partial charge in [0.2, 0.25) is 5.91 Å². The van der Waals surface area contributed by atoms with E-state index in [1.54, 1.807) is 11.3 Å². The normalized spacial score (nSPS) is 23.1. The first-order valence-corrected chi connectivity index (χ1v) is 8.09. The average molecular weight is 294 g/mol. The smallest absolute Gasteiger partial charge is 0.223 e. The standard InChI is InChI=1S/C15H22N2O2S/c1-9(2)15-17-11(8-20-15)7-16-14(19)13-5-4-12(18)6-10(13)3/h8-10,13H,4-7H2,1-3H3,(H,16,19)/t10-,13+/m1/s1. The van der Waals surface area contributed by atoms with Crippen LogP contribution in [0, 0.1) is 11.8 Å². The molecule has 1 aliphatic carbocycles. The Bertz CT molecular complexity index is 496. The fourth-order valence-electron chi connectivity index (χ4n) is 2.57. The van der Waals surface area contributed by atoms with Gasteiger partial charge in [0.05, 0.1) is 17.2 Å². The molecule has 20 heavy (non-hydrogen) atoms. The fourth-order valence-corrected chi connectivity index (χ4v) is 3.41. The maximum Gasteiger partial charge on any atom is 0.223 e. The topological polar surface area (TPSA) is 59.1 Å². The molecule has 0 unspecified atom stereocenters. The summed E-state index contributed by atoms with van der Waals surface area (Å²) >= 11 is 1.64. The van der Waals surface area contributed by atoms with Crippen LogP contribution in [-0.2, 0) is 16.1 Å². The summed E-state index contributed by atoms with van der Waals surface area (Å²) < 4.78 is 0. The minimum Gasteiger partial charge on any atom is -0.350 e. The van der Waals surface area contributed by atoms with E-state index in [4.69, 9.17) is 0 Å². The van der Waals surface area contributed by atoms with E-state index in [-0.39, 0.29) is 23.5 Å². The summed E-state index contributed by atoms with van der Waals surface area (Å²) in [6, 6.07) is 0. The lowest BCUT2D eigenvalue weighted by atomic mass is 9.79. The second-order valence-electron chi connectivity index (χ2n) is 5.91.